The van der Waals surface area contributed by atoms with Crippen LogP contribution < -0.4 is 5.73 Å². The molecule has 0 amide bonds. The summed E-state index contributed by atoms with van der Waals surface area (Å²) >= 11 is 0. The summed E-state index contributed by atoms with van der Waals surface area (Å²) in [6.07, 6.45) is 3.02. The quantitative estimate of drug-likeness (QED) is 0.668. The molecule has 0 atom stereocenters. The topological polar surface area (TPSA) is 80.6 Å². The van der Waals surface area contributed by atoms with E-state index in [1.165, 1.54) is 16.8 Å². The van der Waals surface area contributed by atoms with Crippen LogP contribution in [0.5, 0.6) is 0 Å². The van der Waals surface area contributed by atoms with Gasteiger partial charge >= 0.3 is 5.97 Å². The minimum absolute atomic E-state index is 0.0256. The van der Waals surface area contributed by atoms with Gasteiger partial charge in [0.15, 0.2) is 0 Å². The first-order valence-electron chi connectivity index (χ1n) is 3.64. The first kappa shape index (κ1) is 7.60. The van der Waals surface area contributed by atoms with Crippen molar-refractivity contribution in [2.45, 2.75) is 0 Å². The number of hydrogen-bond acceptors (Lipinski definition) is 3. The molecule has 0 aliphatic carbocycles. The highest BCUT2D eigenvalue weighted by atomic mass is 16.4. The molecule has 0 unspecified atom stereocenters. The maximum atomic E-state index is 10.7. The van der Waals surface area contributed by atoms with Crippen molar-refractivity contribution in [3.63, 3.8) is 0 Å². The Kier molecular flexibility index (Phi) is 1.45. The average Bonchev–Trinajstić information content (AvgIpc) is 2.46. The maximum Gasteiger partial charge on any atom is 0.372 e. The Bertz CT molecular complexity index is 475. The number of carboxylic acids is 1. The molecular weight excluding hydrogens is 170 g/mol. The van der Waals surface area contributed by atoms with Crippen LogP contribution in [0.2, 0.25) is 0 Å². The second-order valence-electron chi connectivity index (χ2n) is 2.64. The van der Waals surface area contributed by atoms with Crippen molar-refractivity contribution in [1.82, 2.24) is 9.38 Å². The number of imidazole rings is 1. The molecule has 0 fully saturated rings. The highest BCUT2D eigenvalue weighted by Gasteiger charge is 2.09. The fourth-order valence-electron chi connectivity index (χ4n) is 1.16. The molecule has 0 aromatic carbocycles. The first-order valence-corrected chi connectivity index (χ1v) is 3.64. The lowest BCUT2D eigenvalue weighted by molar-refractivity contribution is 0.0683. The molecule has 5 heteroatoms. The molecule has 0 saturated heterocycles. The molecule has 0 saturated carbocycles. The average molecular weight is 177 g/mol. The summed E-state index contributed by atoms with van der Waals surface area (Å²) in [5.41, 5.74) is 6.73. The summed E-state index contributed by atoms with van der Waals surface area (Å²) in [7, 11) is 0. The highest BCUT2D eigenvalue weighted by Crippen LogP contribution is 2.10. The van der Waals surface area contributed by atoms with E-state index in [0.717, 1.165) is 0 Å². The van der Waals surface area contributed by atoms with Gasteiger partial charge in [-0.15, -0.1) is 0 Å². The Labute approximate surface area is 73.4 Å². The molecule has 2 heterocycles. The number of nitrogen functional groups attached to an aromatic ring is 1. The van der Waals surface area contributed by atoms with E-state index >= 15 is 0 Å². The van der Waals surface area contributed by atoms with E-state index in [9.17, 15) is 4.79 Å². The van der Waals surface area contributed by atoms with Crippen LogP contribution in [-0.2, 0) is 0 Å². The van der Waals surface area contributed by atoms with E-state index in [4.69, 9.17) is 10.8 Å². The number of carbonyl (C=O) groups is 1. The van der Waals surface area contributed by atoms with Gasteiger partial charge in [-0.05, 0) is 12.1 Å². The lowest BCUT2D eigenvalue weighted by atomic mass is 10.4. The molecule has 0 aliphatic rings. The van der Waals surface area contributed by atoms with Crippen LogP contribution >= 0.6 is 0 Å². The van der Waals surface area contributed by atoms with Crippen molar-refractivity contribution >= 4 is 17.2 Å². The molecule has 13 heavy (non-hydrogen) atoms. The summed E-state index contributed by atoms with van der Waals surface area (Å²) in [5.74, 6) is -1.09. The molecule has 0 aliphatic heterocycles. The molecule has 2 rings (SSSR count). The third-order valence-corrected chi connectivity index (χ3v) is 1.74. The largest absolute Gasteiger partial charge is 0.475 e. The van der Waals surface area contributed by atoms with Gasteiger partial charge in [0.1, 0.15) is 0 Å². The number of aromatic nitrogens is 2. The zero-order valence-electron chi connectivity index (χ0n) is 6.64. The zero-order chi connectivity index (χ0) is 9.42. The van der Waals surface area contributed by atoms with Gasteiger partial charge in [0, 0.05) is 11.9 Å². The molecule has 66 valence electrons. The maximum absolute atomic E-state index is 10.7. The summed E-state index contributed by atoms with van der Waals surface area (Å²) in [5, 5.41) is 8.74. The standard InChI is InChI=1S/C8H7N3O2/c9-5-1-2-6-3-10-7(8(12)13)11(6)4-5/h1-4H,9H2,(H,12,13). The number of nitrogens with zero attached hydrogens (tertiary/aromatic N) is 2. The molecule has 2 aromatic rings. The Morgan fingerprint density at radius 2 is 2.31 bits per heavy atom. The number of fused-ring (bicyclic) bond motifs is 1. The number of anilines is 1. The molecule has 0 radical (unpaired) electrons. The smallest absolute Gasteiger partial charge is 0.372 e. The highest BCUT2D eigenvalue weighted by molar-refractivity contribution is 5.85. The minimum Gasteiger partial charge on any atom is -0.475 e. The lowest BCUT2D eigenvalue weighted by Crippen LogP contribution is -2.03. The SMILES string of the molecule is Nc1ccc2cnc(C(=O)O)n2c1. The van der Waals surface area contributed by atoms with Crippen molar-refractivity contribution < 1.29 is 9.90 Å². The molecule has 0 spiro atoms. The van der Waals surface area contributed by atoms with Gasteiger partial charge < -0.3 is 10.8 Å². The van der Waals surface area contributed by atoms with Gasteiger partial charge in [-0.3, -0.25) is 4.40 Å². The Balaban J connectivity index is 2.79. The summed E-state index contributed by atoms with van der Waals surface area (Å²) in [6, 6.07) is 3.41. The second kappa shape index (κ2) is 2.48. The fraction of sp³-hybridized carbons (Fsp3) is 0. The van der Waals surface area contributed by atoms with Crippen LogP contribution in [0.15, 0.2) is 24.5 Å². The van der Waals surface area contributed by atoms with Crippen molar-refractivity contribution in [2.75, 3.05) is 5.73 Å². The number of nitrogens with two attached hydrogens (primary N) is 1. The van der Waals surface area contributed by atoms with Crippen molar-refractivity contribution in [3.05, 3.63) is 30.4 Å². The van der Waals surface area contributed by atoms with Gasteiger partial charge in [-0.2, -0.15) is 0 Å². The van der Waals surface area contributed by atoms with Gasteiger partial charge in [-0.1, -0.05) is 0 Å². The Morgan fingerprint density at radius 3 is 3.00 bits per heavy atom. The third kappa shape index (κ3) is 1.10. The van der Waals surface area contributed by atoms with Gasteiger partial charge in [0.05, 0.1) is 11.7 Å². The number of rotatable bonds is 1. The number of hydrogen-bond donors (Lipinski definition) is 2. The predicted molar refractivity (Wildman–Crippen MR) is 46.6 cm³/mol. The molecule has 5 nitrogen and oxygen atoms in total. The van der Waals surface area contributed by atoms with E-state index in [1.807, 2.05) is 0 Å². The van der Waals surface area contributed by atoms with Crippen molar-refractivity contribution in [2.24, 2.45) is 0 Å². The van der Waals surface area contributed by atoms with E-state index < -0.39 is 5.97 Å². The number of carboxylic acid groups (broad SMARTS) is 1. The zero-order valence-corrected chi connectivity index (χ0v) is 6.64. The minimum atomic E-state index is -1.06. The number of aromatic carboxylic acids is 1. The molecule has 0 bridgehead atoms. The monoisotopic (exact) mass is 177 g/mol. The summed E-state index contributed by atoms with van der Waals surface area (Å²) in [6.45, 7) is 0. The normalized spacial score (nSPS) is 10.5. The van der Waals surface area contributed by atoms with E-state index in [2.05, 4.69) is 4.98 Å². The van der Waals surface area contributed by atoms with Crippen LogP contribution in [0.4, 0.5) is 5.69 Å². The van der Waals surface area contributed by atoms with Gasteiger partial charge in [-0.25, -0.2) is 9.78 Å². The van der Waals surface area contributed by atoms with Crippen LogP contribution in [0.3, 0.4) is 0 Å². The fourth-order valence-corrected chi connectivity index (χ4v) is 1.16. The van der Waals surface area contributed by atoms with Crippen LogP contribution in [-0.4, -0.2) is 20.5 Å². The third-order valence-electron chi connectivity index (χ3n) is 1.74. The Morgan fingerprint density at radius 1 is 1.54 bits per heavy atom. The van der Waals surface area contributed by atoms with E-state index in [-0.39, 0.29) is 5.82 Å². The molecular formula is C8H7N3O2. The van der Waals surface area contributed by atoms with Gasteiger partial charge in [0.25, 0.3) is 0 Å². The van der Waals surface area contributed by atoms with E-state index in [0.29, 0.717) is 11.2 Å². The molecule has 2 aromatic heterocycles. The summed E-state index contributed by atoms with van der Waals surface area (Å²) < 4.78 is 1.44. The second-order valence-corrected chi connectivity index (χ2v) is 2.64. The van der Waals surface area contributed by atoms with E-state index in [1.54, 1.807) is 12.1 Å². The van der Waals surface area contributed by atoms with Crippen LogP contribution in [0.1, 0.15) is 10.6 Å². The lowest BCUT2D eigenvalue weighted by Gasteiger charge is -1.97. The molecule has 3 N–H and O–H groups in total. The number of pyridine rings is 1. The van der Waals surface area contributed by atoms with Crippen LogP contribution in [0.25, 0.3) is 5.52 Å². The van der Waals surface area contributed by atoms with Gasteiger partial charge in [0.2, 0.25) is 5.82 Å². The van der Waals surface area contributed by atoms with Crippen LogP contribution in [0, 0.1) is 0 Å². The van der Waals surface area contributed by atoms with Crippen molar-refractivity contribution in [3.8, 4) is 0 Å². The first-order chi connectivity index (χ1) is 6.18. The summed E-state index contributed by atoms with van der Waals surface area (Å²) in [4.78, 5) is 14.4. The predicted octanol–water partition coefficient (Wildman–Crippen LogP) is 0.615. The van der Waals surface area contributed by atoms with Crippen molar-refractivity contribution in [1.29, 1.82) is 0 Å². The Hall–Kier alpha value is -2.04.